The van der Waals surface area contributed by atoms with Crippen molar-refractivity contribution in [3.63, 3.8) is 0 Å². The molecule has 2 aromatic rings. The van der Waals surface area contributed by atoms with Gasteiger partial charge in [-0.2, -0.15) is 0 Å². The second-order valence-corrected chi connectivity index (χ2v) is 13.1. The summed E-state index contributed by atoms with van der Waals surface area (Å²) in [7, 11) is -15.7. The Balaban J connectivity index is 1.62. The molecule has 0 spiro atoms. The standard InChI is InChI=1S/C18H33N6O12P3/c1-19-6-4-2-3-5-7-20-17-14-18(22-10-21-17)24(11-23-14)13-8-12(15(25)16(13)26)9-34-38(30,31)36-39(32,33)35-37(27,28)29/h10-13,15-16,19,25-26H,2-9H2,1H3,(H,30,31)(H,32,33)(H,20,21,22)(H2,27,28,29)/p-3/t12-,13-,15?,16-/m1/s1. The third kappa shape index (κ3) is 9.33. The van der Waals surface area contributed by atoms with Gasteiger partial charge in [-0.05, 0) is 32.9 Å². The van der Waals surface area contributed by atoms with Crippen LogP contribution >= 0.6 is 23.5 Å². The van der Waals surface area contributed by atoms with E-state index in [-0.39, 0.29) is 6.42 Å². The SMILES string of the molecule is CNCCCCCCNc1ncnc2c1ncn2[C@@H]1C[C@H](COP(=O)([O-])OP(=O)([O-])OP(=O)([O-])O)C(O)[C@@H]1O. The van der Waals surface area contributed by atoms with Crippen LogP contribution in [-0.4, -0.2) is 73.6 Å². The number of aliphatic hydroxyl groups is 2. The minimum absolute atomic E-state index is 0.0366. The molecule has 1 fully saturated rings. The molecule has 2 heterocycles. The molecule has 7 atom stereocenters. The normalized spacial score (nSPS) is 26.2. The Morgan fingerprint density at radius 1 is 1.00 bits per heavy atom. The summed E-state index contributed by atoms with van der Waals surface area (Å²) in [6.07, 6.45) is 3.91. The highest BCUT2D eigenvalue weighted by Crippen LogP contribution is 2.61. The van der Waals surface area contributed by atoms with Crippen LogP contribution < -0.4 is 25.3 Å². The topological polar surface area (TPSA) is 276 Å². The van der Waals surface area contributed by atoms with Gasteiger partial charge in [0.05, 0.1) is 25.1 Å². The number of hydrogen-bond acceptors (Lipinski definition) is 16. The van der Waals surface area contributed by atoms with E-state index in [9.17, 15) is 38.6 Å². The second-order valence-electron chi connectivity index (χ2n) is 8.86. The van der Waals surface area contributed by atoms with Crippen molar-refractivity contribution < 1.29 is 56.6 Å². The van der Waals surface area contributed by atoms with Crippen LogP contribution in [0.3, 0.4) is 0 Å². The lowest BCUT2D eigenvalue weighted by Gasteiger charge is -2.33. The number of nitrogens with zero attached hydrogens (tertiary/aromatic N) is 4. The molecule has 3 rings (SSSR count). The summed E-state index contributed by atoms with van der Waals surface area (Å²) in [5.74, 6) is -0.535. The third-order valence-corrected chi connectivity index (χ3v) is 9.67. The van der Waals surface area contributed by atoms with Crippen LogP contribution in [0, 0.1) is 5.92 Å². The number of phosphoric acid groups is 3. The second kappa shape index (κ2) is 13.5. The Bertz CT molecular complexity index is 1240. The van der Waals surface area contributed by atoms with E-state index in [4.69, 9.17) is 4.89 Å². The molecular formula is C18H30N6O12P3-3. The van der Waals surface area contributed by atoms with Crippen molar-refractivity contribution >= 4 is 40.4 Å². The lowest BCUT2D eigenvalue weighted by molar-refractivity contribution is -0.249. The zero-order valence-corrected chi connectivity index (χ0v) is 23.5. The fourth-order valence-corrected chi connectivity index (χ4v) is 7.17. The van der Waals surface area contributed by atoms with Crippen molar-refractivity contribution in [3.05, 3.63) is 12.7 Å². The van der Waals surface area contributed by atoms with Crippen molar-refractivity contribution in [2.45, 2.75) is 50.4 Å². The molecule has 0 radical (unpaired) electrons. The van der Waals surface area contributed by atoms with Crippen molar-refractivity contribution in [3.8, 4) is 0 Å². The summed E-state index contributed by atoms with van der Waals surface area (Å²) < 4.78 is 46.5. The van der Waals surface area contributed by atoms with Gasteiger partial charge in [-0.15, -0.1) is 0 Å². The number of unbranched alkanes of at least 4 members (excludes halogenated alkanes) is 3. The number of aliphatic hydroxyl groups excluding tert-OH is 2. The monoisotopic (exact) mass is 615 g/mol. The van der Waals surface area contributed by atoms with Crippen LogP contribution in [0.25, 0.3) is 11.2 Å². The lowest BCUT2D eigenvalue weighted by Crippen LogP contribution is -2.31. The molecule has 21 heteroatoms. The Labute approximate surface area is 223 Å². The number of fused-ring (bicyclic) bond motifs is 1. The first-order valence-electron chi connectivity index (χ1n) is 11.9. The summed E-state index contributed by atoms with van der Waals surface area (Å²) in [5.41, 5.74) is 0.782. The van der Waals surface area contributed by atoms with Gasteiger partial charge in [0.25, 0.3) is 23.5 Å². The summed E-state index contributed by atoms with van der Waals surface area (Å²) in [4.78, 5) is 54.9. The van der Waals surface area contributed by atoms with Crippen LogP contribution in [0.1, 0.15) is 38.1 Å². The minimum atomic E-state index is -6.05. The number of phosphoric ester groups is 1. The number of imidazole rings is 1. The van der Waals surface area contributed by atoms with E-state index in [1.807, 2.05) is 7.05 Å². The molecule has 222 valence electrons. The van der Waals surface area contributed by atoms with Gasteiger partial charge in [0.1, 0.15) is 17.9 Å². The predicted molar refractivity (Wildman–Crippen MR) is 129 cm³/mol. The van der Waals surface area contributed by atoms with Crippen LogP contribution in [0.15, 0.2) is 12.7 Å². The van der Waals surface area contributed by atoms with Crippen molar-refractivity contribution in [2.24, 2.45) is 5.92 Å². The summed E-state index contributed by atoms with van der Waals surface area (Å²) in [6.45, 7) is 0.795. The highest BCUT2D eigenvalue weighted by atomic mass is 31.3. The molecule has 39 heavy (non-hydrogen) atoms. The van der Waals surface area contributed by atoms with E-state index in [1.54, 1.807) is 0 Å². The van der Waals surface area contributed by atoms with Crippen LogP contribution in [0.4, 0.5) is 5.82 Å². The molecular weight excluding hydrogens is 585 g/mol. The molecule has 1 saturated carbocycles. The minimum Gasteiger partial charge on any atom is -0.756 e. The molecule has 0 aliphatic heterocycles. The molecule has 0 bridgehead atoms. The van der Waals surface area contributed by atoms with Gasteiger partial charge in [-0.3, -0.25) is 13.7 Å². The fraction of sp³-hybridized carbons (Fsp3) is 0.722. The van der Waals surface area contributed by atoms with E-state index in [0.29, 0.717) is 23.5 Å². The summed E-state index contributed by atoms with van der Waals surface area (Å²) in [5, 5.41) is 27.4. The fourth-order valence-electron chi connectivity index (χ4n) is 4.23. The van der Waals surface area contributed by atoms with Crippen molar-refractivity contribution in [2.75, 3.05) is 32.1 Å². The van der Waals surface area contributed by atoms with E-state index < -0.39 is 54.2 Å². The highest BCUT2D eigenvalue weighted by molar-refractivity contribution is 7.65. The van der Waals surface area contributed by atoms with Crippen molar-refractivity contribution in [1.82, 2.24) is 24.8 Å². The third-order valence-electron chi connectivity index (χ3n) is 5.98. The number of hydrogen-bond donors (Lipinski definition) is 5. The Morgan fingerprint density at radius 3 is 2.36 bits per heavy atom. The summed E-state index contributed by atoms with van der Waals surface area (Å²) >= 11 is 0. The first-order valence-corrected chi connectivity index (χ1v) is 16.3. The Kier molecular flexibility index (Phi) is 11.2. The molecule has 4 unspecified atom stereocenters. The molecule has 5 N–H and O–H groups in total. The van der Waals surface area contributed by atoms with Crippen LogP contribution in [-0.2, 0) is 26.8 Å². The van der Waals surface area contributed by atoms with E-state index in [1.165, 1.54) is 17.2 Å². The van der Waals surface area contributed by atoms with Gasteiger partial charge in [0.15, 0.2) is 11.5 Å². The zero-order valence-electron chi connectivity index (χ0n) is 20.8. The average Bonchev–Trinajstić information content (AvgIpc) is 3.36. The molecule has 0 saturated heterocycles. The van der Waals surface area contributed by atoms with Crippen LogP contribution in [0.2, 0.25) is 0 Å². The molecule has 0 aromatic carbocycles. The molecule has 1 aliphatic rings. The van der Waals surface area contributed by atoms with Gasteiger partial charge < -0.3 is 49.5 Å². The largest absolute Gasteiger partial charge is 0.756 e. The van der Waals surface area contributed by atoms with Gasteiger partial charge >= 0.3 is 0 Å². The van der Waals surface area contributed by atoms with Gasteiger partial charge in [0, 0.05) is 12.5 Å². The van der Waals surface area contributed by atoms with E-state index in [2.05, 4.69) is 38.7 Å². The molecule has 1 aliphatic carbocycles. The maximum absolute atomic E-state index is 11.8. The molecule has 18 nitrogen and oxygen atoms in total. The number of nitrogens with one attached hydrogen (secondary N) is 2. The average molecular weight is 615 g/mol. The first kappa shape index (κ1) is 32.2. The van der Waals surface area contributed by atoms with Gasteiger partial charge in [-0.1, -0.05) is 12.8 Å². The predicted octanol–water partition coefficient (Wildman–Crippen LogP) is -1.25. The van der Waals surface area contributed by atoms with Crippen LogP contribution in [0.5, 0.6) is 0 Å². The van der Waals surface area contributed by atoms with E-state index in [0.717, 1.165) is 32.2 Å². The highest BCUT2D eigenvalue weighted by Gasteiger charge is 2.43. The van der Waals surface area contributed by atoms with Gasteiger partial charge in [-0.25, -0.2) is 23.6 Å². The quantitative estimate of drug-likeness (QED) is 0.109. The number of rotatable bonds is 16. The van der Waals surface area contributed by atoms with Crippen molar-refractivity contribution in [1.29, 1.82) is 0 Å². The summed E-state index contributed by atoms with van der Waals surface area (Å²) in [6, 6.07) is -0.810. The van der Waals surface area contributed by atoms with Gasteiger partial charge in [0.2, 0.25) is 0 Å². The Hall–Kier alpha value is -1.36. The Morgan fingerprint density at radius 2 is 1.69 bits per heavy atom. The first-order chi connectivity index (χ1) is 18.2. The zero-order chi connectivity index (χ0) is 28.8. The lowest BCUT2D eigenvalue weighted by atomic mass is 10.1. The number of anilines is 1. The van der Waals surface area contributed by atoms with E-state index >= 15 is 0 Å². The maximum atomic E-state index is 11.8. The smallest absolute Gasteiger partial charge is 0.280 e. The maximum Gasteiger partial charge on any atom is 0.280 e. The molecule has 2 aromatic heterocycles. The number of aromatic nitrogens is 4. The molecule has 0 amide bonds.